The second kappa shape index (κ2) is 7.19. The average molecular weight is 288 g/mol. The molecule has 0 N–H and O–H groups in total. The summed E-state index contributed by atoms with van der Waals surface area (Å²) in [5.74, 6) is 2.93. The third-order valence-electron chi connectivity index (χ3n) is 3.16. The van der Waals surface area contributed by atoms with Crippen LogP contribution in [0.5, 0.6) is 0 Å². The van der Waals surface area contributed by atoms with Gasteiger partial charge in [0, 0.05) is 25.1 Å². The molecule has 0 amide bonds. The Balaban J connectivity index is 2.96. The van der Waals surface area contributed by atoms with Gasteiger partial charge in [0.2, 0.25) is 0 Å². The summed E-state index contributed by atoms with van der Waals surface area (Å²) in [6.45, 7) is 6.24. The van der Waals surface area contributed by atoms with Crippen molar-refractivity contribution in [3.05, 3.63) is 16.5 Å². The number of aromatic nitrogens is 2. The molecule has 0 spiro atoms. The first-order chi connectivity index (χ1) is 8.51. The Morgan fingerprint density at radius 2 is 2.06 bits per heavy atom. The molecule has 0 aliphatic rings. The minimum absolute atomic E-state index is 0.451. The van der Waals surface area contributed by atoms with Gasteiger partial charge in [-0.15, -0.1) is 0 Å². The van der Waals surface area contributed by atoms with E-state index in [1.54, 1.807) is 0 Å². The zero-order valence-corrected chi connectivity index (χ0v) is 13.4. The first kappa shape index (κ1) is 15.6. The van der Waals surface area contributed by atoms with Crippen LogP contribution in [-0.2, 0) is 6.42 Å². The van der Waals surface area contributed by atoms with E-state index in [9.17, 15) is 0 Å². The van der Waals surface area contributed by atoms with E-state index >= 15 is 0 Å². The van der Waals surface area contributed by atoms with Crippen molar-refractivity contribution in [3.8, 4) is 0 Å². The Morgan fingerprint density at radius 3 is 2.61 bits per heavy atom. The third kappa shape index (κ3) is 3.75. The highest BCUT2D eigenvalue weighted by Gasteiger charge is 2.16. The van der Waals surface area contributed by atoms with Crippen molar-refractivity contribution in [1.82, 2.24) is 9.97 Å². The first-order valence-corrected chi connectivity index (χ1v) is 8.03. The number of nitrogens with zero attached hydrogens (tertiary/aromatic N) is 3. The van der Waals surface area contributed by atoms with Gasteiger partial charge in [-0.05, 0) is 32.3 Å². The smallest absolute Gasteiger partial charge is 0.137 e. The monoisotopic (exact) mass is 287 g/mol. The molecule has 102 valence electrons. The topological polar surface area (TPSA) is 29.0 Å². The van der Waals surface area contributed by atoms with Crippen molar-refractivity contribution in [1.29, 1.82) is 0 Å². The summed E-state index contributed by atoms with van der Waals surface area (Å²) in [6.07, 6.45) is 4.08. The third-order valence-corrected chi connectivity index (χ3v) is 4.17. The van der Waals surface area contributed by atoms with Crippen LogP contribution in [0.4, 0.5) is 5.82 Å². The van der Waals surface area contributed by atoms with Gasteiger partial charge in [0.25, 0.3) is 0 Å². The number of hydrogen-bond acceptors (Lipinski definition) is 4. The molecule has 0 aromatic carbocycles. The summed E-state index contributed by atoms with van der Waals surface area (Å²) >= 11 is 8.04. The number of aryl methyl sites for hydroxylation is 1. The van der Waals surface area contributed by atoms with E-state index in [0.29, 0.717) is 11.2 Å². The molecule has 1 heterocycles. The average Bonchev–Trinajstić information content (AvgIpc) is 2.38. The molecule has 0 aliphatic carbocycles. The highest BCUT2D eigenvalue weighted by molar-refractivity contribution is 7.98. The first-order valence-electron chi connectivity index (χ1n) is 6.26. The van der Waals surface area contributed by atoms with E-state index in [2.05, 4.69) is 35.1 Å². The van der Waals surface area contributed by atoms with Crippen LogP contribution in [0.3, 0.4) is 0 Å². The maximum absolute atomic E-state index is 6.17. The molecule has 1 unspecified atom stereocenters. The van der Waals surface area contributed by atoms with Gasteiger partial charge in [-0.1, -0.05) is 18.5 Å². The predicted molar refractivity (Wildman–Crippen MR) is 82.0 cm³/mol. The lowest BCUT2D eigenvalue weighted by Gasteiger charge is -2.27. The predicted octanol–water partition coefficient (Wildman–Crippen LogP) is 3.58. The van der Waals surface area contributed by atoms with Crippen LogP contribution in [0.15, 0.2) is 0 Å². The van der Waals surface area contributed by atoms with Gasteiger partial charge in [0.05, 0.1) is 0 Å². The molecule has 0 saturated carbocycles. The molecule has 1 aromatic rings. The van der Waals surface area contributed by atoms with E-state index in [1.807, 2.05) is 25.6 Å². The van der Waals surface area contributed by atoms with Gasteiger partial charge in [-0.3, -0.25) is 0 Å². The summed E-state index contributed by atoms with van der Waals surface area (Å²) in [5.41, 5.74) is 0.965. The SMILES string of the molecule is CCc1nc(Cl)c(C)c(N(C)C(C)CCSC)n1. The normalized spacial score (nSPS) is 12.6. The summed E-state index contributed by atoms with van der Waals surface area (Å²) in [4.78, 5) is 11.1. The van der Waals surface area contributed by atoms with Gasteiger partial charge in [-0.2, -0.15) is 11.8 Å². The Kier molecular flexibility index (Phi) is 6.22. The number of hydrogen-bond donors (Lipinski definition) is 0. The molecule has 18 heavy (non-hydrogen) atoms. The molecule has 1 aromatic heterocycles. The van der Waals surface area contributed by atoms with E-state index in [1.165, 1.54) is 0 Å². The Labute approximate surface area is 119 Å². The fraction of sp³-hybridized carbons (Fsp3) is 0.692. The molecule has 1 rings (SSSR count). The molecule has 5 heteroatoms. The van der Waals surface area contributed by atoms with Crippen LogP contribution in [0, 0.1) is 6.92 Å². The molecule has 3 nitrogen and oxygen atoms in total. The molecular formula is C13H22ClN3S. The Hall–Kier alpha value is -0.480. The van der Waals surface area contributed by atoms with E-state index in [-0.39, 0.29) is 0 Å². The minimum Gasteiger partial charge on any atom is -0.357 e. The summed E-state index contributed by atoms with van der Waals surface area (Å²) in [7, 11) is 2.08. The zero-order chi connectivity index (χ0) is 13.7. The van der Waals surface area contributed by atoms with Crippen LogP contribution < -0.4 is 4.90 Å². The maximum Gasteiger partial charge on any atom is 0.137 e. The molecule has 0 radical (unpaired) electrons. The van der Waals surface area contributed by atoms with Gasteiger partial charge < -0.3 is 4.90 Å². The van der Waals surface area contributed by atoms with Crippen molar-refractivity contribution < 1.29 is 0 Å². The summed E-state index contributed by atoms with van der Waals surface area (Å²) < 4.78 is 0. The fourth-order valence-electron chi connectivity index (χ4n) is 1.71. The van der Waals surface area contributed by atoms with Crippen LogP contribution in [0.1, 0.15) is 31.7 Å². The van der Waals surface area contributed by atoms with Crippen LogP contribution >= 0.6 is 23.4 Å². The molecule has 0 aliphatic heterocycles. The van der Waals surface area contributed by atoms with Crippen LogP contribution in [-0.4, -0.2) is 35.1 Å². The van der Waals surface area contributed by atoms with E-state index in [4.69, 9.17) is 11.6 Å². The zero-order valence-electron chi connectivity index (χ0n) is 11.8. The van der Waals surface area contributed by atoms with E-state index < -0.39 is 0 Å². The second-order valence-corrected chi connectivity index (χ2v) is 5.82. The maximum atomic E-state index is 6.17. The highest BCUT2D eigenvalue weighted by atomic mass is 35.5. The lowest BCUT2D eigenvalue weighted by atomic mass is 10.2. The van der Waals surface area contributed by atoms with Crippen molar-refractivity contribution in [3.63, 3.8) is 0 Å². The number of rotatable bonds is 6. The lowest BCUT2D eigenvalue weighted by molar-refractivity contribution is 0.657. The van der Waals surface area contributed by atoms with E-state index in [0.717, 1.165) is 35.8 Å². The Bertz CT molecular complexity index is 398. The molecule has 0 fully saturated rings. The molecule has 0 bridgehead atoms. The quantitative estimate of drug-likeness (QED) is 0.748. The lowest BCUT2D eigenvalue weighted by Crippen LogP contribution is -2.31. The number of halogens is 1. The van der Waals surface area contributed by atoms with Crippen LogP contribution in [0.25, 0.3) is 0 Å². The summed E-state index contributed by atoms with van der Waals surface area (Å²) in [6, 6.07) is 0.451. The molecule has 0 saturated heterocycles. The fourth-order valence-corrected chi connectivity index (χ4v) is 2.47. The summed E-state index contributed by atoms with van der Waals surface area (Å²) in [5, 5.41) is 0.570. The second-order valence-electron chi connectivity index (χ2n) is 4.47. The van der Waals surface area contributed by atoms with Gasteiger partial charge in [-0.25, -0.2) is 9.97 Å². The molecular weight excluding hydrogens is 266 g/mol. The van der Waals surface area contributed by atoms with Gasteiger partial charge in [0.1, 0.15) is 16.8 Å². The largest absolute Gasteiger partial charge is 0.357 e. The number of anilines is 1. The van der Waals surface area contributed by atoms with Crippen molar-refractivity contribution in [2.24, 2.45) is 0 Å². The number of thioether (sulfide) groups is 1. The van der Waals surface area contributed by atoms with Crippen molar-refractivity contribution in [2.45, 2.75) is 39.7 Å². The Morgan fingerprint density at radius 1 is 1.39 bits per heavy atom. The minimum atomic E-state index is 0.451. The van der Waals surface area contributed by atoms with Gasteiger partial charge >= 0.3 is 0 Å². The standard InChI is InChI=1S/C13H22ClN3S/c1-6-11-15-12(14)10(3)13(16-11)17(4)9(2)7-8-18-5/h9H,6-8H2,1-5H3. The van der Waals surface area contributed by atoms with Crippen molar-refractivity contribution >= 4 is 29.2 Å². The molecule has 1 atom stereocenters. The van der Waals surface area contributed by atoms with Crippen LogP contribution in [0.2, 0.25) is 5.15 Å². The van der Waals surface area contributed by atoms with Crippen molar-refractivity contribution in [2.75, 3.05) is 24.0 Å². The van der Waals surface area contributed by atoms with Gasteiger partial charge in [0.15, 0.2) is 0 Å². The highest BCUT2D eigenvalue weighted by Crippen LogP contribution is 2.25.